The number of hydrogen-bond acceptors (Lipinski definition) is 6. The summed E-state index contributed by atoms with van der Waals surface area (Å²) < 4.78 is 76.3. The lowest BCUT2D eigenvalue weighted by Crippen LogP contribution is -2.09. The number of hydrogen-bond donors (Lipinski definition) is 0. The lowest BCUT2D eigenvalue weighted by Gasteiger charge is -2.13. The van der Waals surface area contributed by atoms with Crippen molar-refractivity contribution in [3.8, 4) is 22.9 Å². The van der Waals surface area contributed by atoms with Crippen molar-refractivity contribution in [1.82, 2.24) is 9.97 Å². The zero-order chi connectivity index (χ0) is 22.8. The van der Waals surface area contributed by atoms with Crippen LogP contribution < -0.4 is 9.47 Å². The number of methoxy groups -OCH3 is 1. The van der Waals surface area contributed by atoms with Gasteiger partial charge in [0.2, 0.25) is 15.7 Å². The maximum atomic E-state index is 14.7. The summed E-state index contributed by atoms with van der Waals surface area (Å²) in [5, 5.41) is -1.12. The van der Waals surface area contributed by atoms with Crippen LogP contribution in [-0.2, 0) is 16.4 Å². The average Bonchev–Trinajstić information content (AvgIpc) is 2.73. The minimum Gasteiger partial charge on any atom is -0.497 e. The van der Waals surface area contributed by atoms with Crippen molar-refractivity contribution in [3.63, 3.8) is 0 Å². The Bertz CT molecular complexity index is 1210. The van der Waals surface area contributed by atoms with Gasteiger partial charge in [0.05, 0.1) is 17.8 Å². The molecule has 0 fully saturated rings. The molecule has 1 heterocycles. The lowest BCUT2D eigenvalue weighted by atomic mass is 10.0. The van der Waals surface area contributed by atoms with Crippen molar-refractivity contribution in [2.24, 2.45) is 0 Å². The van der Waals surface area contributed by atoms with Gasteiger partial charge >= 0.3 is 0 Å². The van der Waals surface area contributed by atoms with E-state index in [0.29, 0.717) is 11.3 Å². The number of nitrogens with zero attached hydrogens (tertiary/aromatic N) is 2. The van der Waals surface area contributed by atoms with Crippen LogP contribution in [-0.4, -0.2) is 31.8 Å². The molecule has 0 radical (unpaired) electrons. The molecule has 0 saturated heterocycles. The molecule has 1 aromatic heterocycles. The Morgan fingerprint density at radius 2 is 1.77 bits per heavy atom. The summed E-state index contributed by atoms with van der Waals surface area (Å²) in [5.41, 5.74) is -1.01. The molecule has 3 rings (SSSR count). The zero-order valence-electron chi connectivity index (χ0n) is 16.3. The topological polar surface area (TPSA) is 78.4 Å². The van der Waals surface area contributed by atoms with Crippen LogP contribution in [0.2, 0.25) is 5.02 Å². The molecule has 11 heteroatoms. The first-order valence-corrected chi connectivity index (χ1v) is 11.0. The van der Waals surface area contributed by atoms with E-state index in [1.54, 1.807) is 24.3 Å². The number of benzene rings is 2. The molecule has 164 valence electrons. The van der Waals surface area contributed by atoms with Crippen LogP contribution in [0.5, 0.6) is 11.6 Å². The molecular weight excluding hydrogens is 457 g/mol. The van der Waals surface area contributed by atoms with Crippen LogP contribution in [0.25, 0.3) is 11.3 Å². The zero-order valence-corrected chi connectivity index (χ0v) is 17.8. The van der Waals surface area contributed by atoms with Gasteiger partial charge in [0.25, 0.3) is 11.6 Å². The number of rotatable bonds is 7. The van der Waals surface area contributed by atoms with Gasteiger partial charge in [-0.1, -0.05) is 29.8 Å². The molecule has 0 saturated carbocycles. The van der Waals surface area contributed by atoms with Crippen molar-refractivity contribution < 1.29 is 31.1 Å². The summed E-state index contributed by atoms with van der Waals surface area (Å²) in [7, 11) is -2.45. The Balaban J connectivity index is 2.07. The molecule has 0 atom stereocenters. The van der Waals surface area contributed by atoms with Gasteiger partial charge in [0, 0.05) is 23.4 Å². The van der Waals surface area contributed by atoms with Gasteiger partial charge in [-0.2, -0.15) is 4.98 Å². The predicted octanol–water partition coefficient (Wildman–Crippen LogP) is 4.86. The van der Waals surface area contributed by atoms with Gasteiger partial charge < -0.3 is 9.47 Å². The van der Waals surface area contributed by atoms with Gasteiger partial charge in [-0.05, 0) is 23.8 Å². The molecule has 6 nitrogen and oxygen atoms in total. The Hall–Kier alpha value is -2.85. The highest BCUT2D eigenvalue weighted by molar-refractivity contribution is 7.90. The molecule has 3 aromatic rings. The maximum absolute atomic E-state index is 14.7. The highest BCUT2D eigenvalue weighted by Gasteiger charge is 2.24. The van der Waals surface area contributed by atoms with Gasteiger partial charge in [-0.25, -0.2) is 26.6 Å². The Kier molecular flexibility index (Phi) is 6.71. The minimum absolute atomic E-state index is 0.0244. The largest absolute Gasteiger partial charge is 0.497 e. The van der Waals surface area contributed by atoms with E-state index < -0.39 is 49.1 Å². The van der Waals surface area contributed by atoms with E-state index in [1.807, 2.05) is 0 Å². The third-order valence-corrected chi connectivity index (χ3v) is 5.32. The van der Waals surface area contributed by atoms with E-state index in [1.165, 1.54) is 7.11 Å². The quantitative estimate of drug-likeness (QED) is 0.457. The smallest absolute Gasteiger partial charge is 0.264 e. The Morgan fingerprint density at radius 3 is 2.35 bits per heavy atom. The number of sulfone groups is 1. The summed E-state index contributed by atoms with van der Waals surface area (Å²) in [6, 6.07) is 9.84. The summed E-state index contributed by atoms with van der Waals surface area (Å²) in [6.07, 6.45) is -2.22. The van der Waals surface area contributed by atoms with Crippen LogP contribution in [0, 0.1) is 5.82 Å². The first-order chi connectivity index (χ1) is 14.6. The second kappa shape index (κ2) is 9.11. The molecule has 2 aromatic carbocycles. The fourth-order valence-corrected chi connectivity index (χ4v) is 3.34. The normalized spacial score (nSPS) is 11.6. The predicted molar refractivity (Wildman–Crippen MR) is 108 cm³/mol. The standard InChI is InChI=1S/C20H16ClF3N2O4S/c1-29-12-5-3-11(4-6-12)10-30-16-9-15(25-20(26-16)31(2,27)28)17-13(19(23)24)7-8-14(21)18(17)22/h3-9,19H,10H2,1-2H3. The molecule has 0 unspecified atom stereocenters. The van der Waals surface area contributed by atoms with Crippen molar-refractivity contribution in [2.45, 2.75) is 18.2 Å². The highest BCUT2D eigenvalue weighted by atomic mass is 35.5. The van der Waals surface area contributed by atoms with Gasteiger partial charge in [0.15, 0.2) is 5.82 Å². The highest BCUT2D eigenvalue weighted by Crippen LogP contribution is 2.36. The number of halogens is 4. The van der Waals surface area contributed by atoms with E-state index in [-0.39, 0.29) is 12.5 Å². The van der Waals surface area contributed by atoms with E-state index in [4.69, 9.17) is 21.1 Å². The van der Waals surface area contributed by atoms with Crippen LogP contribution >= 0.6 is 11.6 Å². The summed E-state index contributed by atoms with van der Waals surface area (Å²) in [5.74, 6) is -0.761. The summed E-state index contributed by atoms with van der Waals surface area (Å²) in [4.78, 5) is 7.59. The first kappa shape index (κ1) is 22.8. The molecule has 0 bridgehead atoms. The third kappa shape index (κ3) is 5.26. The van der Waals surface area contributed by atoms with Crippen molar-refractivity contribution >= 4 is 21.4 Å². The number of ether oxygens (including phenoxy) is 2. The number of alkyl halides is 2. The SMILES string of the molecule is COc1ccc(COc2cc(-c3c(C(F)F)ccc(Cl)c3F)nc(S(C)(=O)=O)n2)cc1. The first-order valence-electron chi connectivity index (χ1n) is 8.71. The van der Waals surface area contributed by atoms with Gasteiger partial charge in [-0.15, -0.1) is 0 Å². The second-order valence-electron chi connectivity index (χ2n) is 6.41. The van der Waals surface area contributed by atoms with Crippen molar-refractivity contribution in [2.75, 3.05) is 13.4 Å². The number of aromatic nitrogens is 2. The Labute approximate surface area is 181 Å². The van der Waals surface area contributed by atoms with Gasteiger partial charge in [0.1, 0.15) is 12.4 Å². The van der Waals surface area contributed by atoms with E-state index >= 15 is 0 Å². The third-order valence-electron chi connectivity index (χ3n) is 4.18. The van der Waals surface area contributed by atoms with Crippen LogP contribution in [0.15, 0.2) is 47.6 Å². The monoisotopic (exact) mass is 472 g/mol. The molecule has 0 aliphatic heterocycles. The molecule has 0 N–H and O–H groups in total. The molecule has 0 aliphatic carbocycles. The van der Waals surface area contributed by atoms with Gasteiger partial charge in [-0.3, -0.25) is 0 Å². The van der Waals surface area contributed by atoms with E-state index in [0.717, 1.165) is 24.5 Å². The lowest BCUT2D eigenvalue weighted by molar-refractivity contribution is 0.151. The molecule has 0 spiro atoms. The van der Waals surface area contributed by atoms with Crippen LogP contribution in [0.1, 0.15) is 17.6 Å². The summed E-state index contributed by atoms with van der Waals surface area (Å²) >= 11 is 5.75. The fourth-order valence-electron chi connectivity index (χ4n) is 2.66. The van der Waals surface area contributed by atoms with Crippen molar-refractivity contribution in [3.05, 3.63) is 64.4 Å². The second-order valence-corrected chi connectivity index (χ2v) is 8.73. The van der Waals surface area contributed by atoms with Crippen molar-refractivity contribution in [1.29, 1.82) is 0 Å². The average molecular weight is 473 g/mol. The van der Waals surface area contributed by atoms with E-state index in [9.17, 15) is 21.6 Å². The maximum Gasteiger partial charge on any atom is 0.264 e. The Morgan fingerprint density at radius 1 is 1.10 bits per heavy atom. The molecular formula is C20H16ClF3N2O4S. The molecule has 31 heavy (non-hydrogen) atoms. The summed E-state index contributed by atoms with van der Waals surface area (Å²) in [6.45, 7) is -0.0244. The van der Waals surface area contributed by atoms with Crippen LogP contribution in [0.4, 0.5) is 13.2 Å². The molecule has 0 aliphatic rings. The van der Waals surface area contributed by atoms with E-state index in [2.05, 4.69) is 9.97 Å². The van der Waals surface area contributed by atoms with Crippen LogP contribution in [0.3, 0.4) is 0 Å². The molecule has 0 amide bonds. The minimum atomic E-state index is -3.97. The fraction of sp³-hybridized carbons (Fsp3) is 0.200.